The zero-order chi connectivity index (χ0) is 30.9. The summed E-state index contributed by atoms with van der Waals surface area (Å²) in [5.74, 6) is -0.379. The number of nitrogens with zero attached hydrogens (tertiary/aromatic N) is 2. The lowest BCUT2D eigenvalue weighted by Gasteiger charge is -2.33. The molecule has 2 atom stereocenters. The highest BCUT2D eigenvalue weighted by molar-refractivity contribution is 7.92. The SMILES string of the molecule is CCC(C)NC(=O)C(Cc1ccccc1)N(Cc1ccccc1C)C(=O)CCCN(c1cc(C)ccc1C)S(C)(=O)=O. The Hall–Kier alpha value is -3.65. The number of amides is 2. The van der Waals surface area contributed by atoms with Gasteiger partial charge in [0.1, 0.15) is 6.04 Å². The average Bonchev–Trinajstić information content (AvgIpc) is 2.95. The van der Waals surface area contributed by atoms with Crippen molar-refractivity contribution >= 4 is 27.5 Å². The maximum Gasteiger partial charge on any atom is 0.243 e. The van der Waals surface area contributed by atoms with Crippen molar-refractivity contribution in [3.05, 3.63) is 101 Å². The fourth-order valence-electron chi connectivity index (χ4n) is 4.94. The lowest BCUT2D eigenvalue weighted by atomic mass is 10.0. The van der Waals surface area contributed by atoms with Crippen molar-refractivity contribution in [2.24, 2.45) is 0 Å². The number of carbonyl (C=O) groups excluding carboxylic acids is 2. The number of anilines is 1. The summed E-state index contributed by atoms with van der Waals surface area (Å²) in [7, 11) is -3.57. The molecule has 3 aromatic carbocycles. The van der Waals surface area contributed by atoms with Crippen molar-refractivity contribution in [3.63, 3.8) is 0 Å². The van der Waals surface area contributed by atoms with Gasteiger partial charge in [-0.15, -0.1) is 0 Å². The molecule has 2 amide bonds. The van der Waals surface area contributed by atoms with Gasteiger partial charge in [0.25, 0.3) is 0 Å². The molecule has 1 N–H and O–H groups in total. The fraction of sp³-hybridized carbons (Fsp3) is 0.412. The average molecular weight is 592 g/mol. The topological polar surface area (TPSA) is 86.8 Å². The van der Waals surface area contributed by atoms with Gasteiger partial charge in [-0.2, -0.15) is 0 Å². The van der Waals surface area contributed by atoms with Gasteiger partial charge in [0.2, 0.25) is 21.8 Å². The molecule has 0 spiro atoms. The van der Waals surface area contributed by atoms with Gasteiger partial charge in [0.05, 0.1) is 11.9 Å². The first-order chi connectivity index (χ1) is 19.9. The first-order valence-corrected chi connectivity index (χ1v) is 16.5. The molecule has 2 unspecified atom stereocenters. The normalized spacial score (nSPS) is 12.8. The molecule has 42 heavy (non-hydrogen) atoms. The standard InChI is InChI=1S/C34H45N3O4S/c1-7-28(5)35-34(39)32(23-29-15-9-8-10-16-29)36(24-30-17-12-11-14-26(30)3)33(38)18-13-21-37(42(6,40)41)31-22-25(2)19-20-27(31)4/h8-12,14-17,19-20,22,28,32H,7,13,18,21,23-24H2,1-6H3,(H,35,39). The number of carbonyl (C=O) groups is 2. The summed E-state index contributed by atoms with van der Waals surface area (Å²) in [5, 5.41) is 3.09. The minimum Gasteiger partial charge on any atom is -0.352 e. The van der Waals surface area contributed by atoms with Gasteiger partial charge >= 0.3 is 0 Å². The lowest BCUT2D eigenvalue weighted by molar-refractivity contribution is -0.141. The molecular weight excluding hydrogens is 546 g/mol. The number of hydrogen-bond acceptors (Lipinski definition) is 4. The van der Waals surface area contributed by atoms with E-state index in [0.717, 1.165) is 34.2 Å². The Balaban J connectivity index is 1.92. The van der Waals surface area contributed by atoms with Crippen molar-refractivity contribution in [1.82, 2.24) is 10.2 Å². The molecule has 8 heteroatoms. The lowest BCUT2D eigenvalue weighted by Crippen LogP contribution is -2.52. The number of rotatable bonds is 14. The summed E-state index contributed by atoms with van der Waals surface area (Å²) >= 11 is 0. The minimum atomic E-state index is -3.57. The van der Waals surface area contributed by atoms with E-state index in [2.05, 4.69) is 5.32 Å². The zero-order valence-corrected chi connectivity index (χ0v) is 26.6. The van der Waals surface area contributed by atoms with Crippen LogP contribution in [-0.4, -0.2) is 50.0 Å². The maximum absolute atomic E-state index is 14.0. The molecule has 0 fully saturated rings. The van der Waals surface area contributed by atoms with E-state index in [1.54, 1.807) is 4.90 Å². The molecule has 3 aromatic rings. The number of nitrogens with one attached hydrogen (secondary N) is 1. The van der Waals surface area contributed by atoms with E-state index in [0.29, 0.717) is 18.5 Å². The summed E-state index contributed by atoms with van der Waals surface area (Å²) in [4.78, 5) is 29.4. The van der Waals surface area contributed by atoms with Crippen molar-refractivity contribution in [1.29, 1.82) is 0 Å². The monoisotopic (exact) mass is 591 g/mol. The van der Waals surface area contributed by atoms with Gasteiger partial charge < -0.3 is 10.2 Å². The predicted molar refractivity (Wildman–Crippen MR) is 171 cm³/mol. The summed E-state index contributed by atoms with van der Waals surface area (Å²) < 4.78 is 27.0. The van der Waals surface area contributed by atoms with Crippen LogP contribution in [0, 0.1) is 20.8 Å². The second-order valence-corrected chi connectivity index (χ2v) is 13.1. The summed E-state index contributed by atoms with van der Waals surface area (Å²) in [6.07, 6.45) is 2.75. The number of sulfonamides is 1. The van der Waals surface area contributed by atoms with E-state index in [9.17, 15) is 18.0 Å². The predicted octanol–water partition coefficient (Wildman–Crippen LogP) is 5.71. The Kier molecular flexibility index (Phi) is 11.7. The van der Waals surface area contributed by atoms with Crippen LogP contribution in [0.3, 0.4) is 0 Å². The van der Waals surface area contributed by atoms with E-state index in [-0.39, 0.29) is 37.4 Å². The van der Waals surface area contributed by atoms with E-state index in [1.807, 2.05) is 107 Å². The van der Waals surface area contributed by atoms with E-state index in [1.165, 1.54) is 10.6 Å². The largest absolute Gasteiger partial charge is 0.352 e. The van der Waals surface area contributed by atoms with Crippen molar-refractivity contribution in [3.8, 4) is 0 Å². The van der Waals surface area contributed by atoms with Crippen LogP contribution in [0.1, 0.15) is 60.9 Å². The van der Waals surface area contributed by atoms with Crippen LogP contribution >= 0.6 is 0 Å². The smallest absolute Gasteiger partial charge is 0.243 e. The Morgan fingerprint density at radius 3 is 2.21 bits per heavy atom. The highest BCUT2D eigenvalue weighted by Crippen LogP contribution is 2.25. The van der Waals surface area contributed by atoms with Gasteiger partial charge in [0, 0.05) is 32.0 Å². The van der Waals surface area contributed by atoms with Gasteiger partial charge in [-0.05, 0) is 74.4 Å². The molecule has 0 saturated heterocycles. The summed E-state index contributed by atoms with van der Waals surface area (Å²) in [6, 6.07) is 22.5. The quantitative estimate of drug-likeness (QED) is 0.260. The minimum absolute atomic E-state index is 0.0351. The molecule has 226 valence electrons. The van der Waals surface area contributed by atoms with Gasteiger partial charge in [-0.3, -0.25) is 13.9 Å². The van der Waals surface area contributed by atoms with Gasteiger partial charge in [0.15, 0.2) is 0 Å². The Morgan fingerprint density at radius 1 is 0.905 bits per heavy atom. The van der Waals surface area contributed by atoms with Crippen molar-refractivity contribution < 1.29 is 18.0 Å². The first kappa shape index (κ1) is 32.9. The van der Waals surface area contributed by atoms with Crippen LogP contribution in [0.5, 0.6) is 0 Å². The third kappa shape index (κ3) is 9.18. The second-order valence-electron chi connectivity index (χ2n) is 11.2. The van der Waals surface area contributed by atoms with Crippen molar-refractivity contribution in [2.75, 3.05) is 17.1 Å². The molecule has 0 aliphatic rings. The highest BCUT2D eigenvalue weighted by atomic mass is 32.2. The summed E-state index contributed by atoms with van der Waals surface area (Å²) in [5.41, 5.74) is 5.39. The molecule has 0 bridgehead atoms. The molecule has 0 heterocycles. The molecule has 7 nitrogen and oxygen atoms in total. The Morgan fingerprint density at radius 2 is 1.57 bits per heavy atom. The molecule has 0 aromatic heterocycles. The number of hydrogen-bond donors (Lipinski definition) is 1. The van der Waals surface area contributed by atoms with E-state index in [4.69, 9.17) is 0 Å². The van der Waals surface area contributed by atoms with Crippen LogP contribution in [0.15, 0.2) is 72.8 Å². The second kappa shape index (κ2) is 15.0. The van der Waals surface area contributed by atoms with Crippen molar-refractivity contribution in [2.45, 2.75) is 78.9 Å². The Bertz CT molecular complexity index is 1460. The molecule has 0 saturated carbocycles. The van der Waals surface area contributed by atoms with Gasteiger partial charge in [-0.1, -0.05) is 73.7 Å². The third-order valence-electron chi connectivity index (χ3n) is 7.66. The van der Waals surface area contributed by atoms with E-state index < -0.39 is 16.1 Å². The highest BCUT2D eigenvalue weighted by Gasteiger charge is 2.31. The maximum atomic E-state index is 14.0. The van der Waals surface area contributed by atoms with Crippen LogP contribution in [0.2, 0.25) is 0 Å². The number of aryl methyl sites for hydroxylation is 3. The molecule has 0 aliphatic heterocycles. The van der Waals surface area contributed by atoms with Crippen LogP contribution in [-0.2, 0) is 32.6 Å². The van der Waals surface area contributed by atoms with Gasteiger partial charge in [-0.25, -0.2) is 8.42 Å². The molecule has 3 rings (SSSR count). The molecular formula is C34H45N3O4S. The van der Waals surface area contributed by atoms with E-state index >= 15 is 0 Å². The molecule has 0 aliphatic carbocycles. The first-order valence-electron chi connectivity index (χ1n) is 14.6. The fourth-order valence-corrected chi connectivity index (χ4v) is 5.95. The molecule has 0 radical (unpaired) electrons. The number of benzene rings is 3. The van der Waals surface area contributed by atoms with Crippen LogP contribution in [0.25, 0.3) is 0 Å². The van der Waals surface area contributed by atoms with Crippen LogP contribution in [0.4, 0.5) is 5.69 Å². The summed E-state index contributed by atoms with van der Waals surface area (Å²) in [6.45, 7) is 10.2. The third-order valence-corrected chi connectivity index (χ3v) is 8.84. The Labute approximate surface area is 252 Å². The zero-order valence-electron chi connectivity index (χ0n) is 25.8. The van der Waals surface area contributed by atoms with Crippen LogP contribution < -0.4 is 9.62 Å².